The molecular weight excluding hydrogens is 443 g/mol. The number of alkyl halides is 3. The predicted octanol–water partition coefficient (Wildman–Crippen LogP) is 4.33. The van der Waals surface area contributed by atoms with Crippen LogP contribution in [-0.4, -0.2) is 38.3 Å². The van der Waals surface area contributed by atoms with Gasteiger partial charge in [-0.05, 0) is 49.2 Å². The SMILES string of the molecule is CCN(CC)S(=O)(=O)c1ccc(C)c(NC(=O)CN[C@@H](C)c2cccc(C(F)(F)F)c2)c1. The van der Waals surface area contributed by atoms with E-state index in [4.69, 9.17) is 0 Å². The van der Waals surface area contributed by atoms with Crippen LogP contribution in [0, 0.1) is 6.92 Å². The Morgan fingerprint density at radius 3 is 2.34 bits per heavy atom. The maximum Gasteiger partial charge on any atom is 0.416 e. The molecule has 2 aromatic rings. The molecule has 0 fully saturated rings. The van der Waals surface area contributed by atoms with Gasteiger partial charge in [0, 0.05) is 24.8 Å². The summed E-state index contributed by atoms with van der Waals surface area (Å²) in [6, 6.07) is 8.93. The number of carbonyl (C=O) groups is 1. The lowest BCUT2D eigenvalue weighted by molar-refractivity contribution is -0.137. The van der Waals surface area contributed by atoms with Crippen LogP contribution < -0.4 is 10.6 Å². The van der Waals surface area contributed by atoms with Gasteiger partial charge < -0.3 is 10.6 Å². The summed E-state index contributed by atoms with van der Waals surface area (Å²) in [5, 5.41) is 5.57. The second-order valence-electron chi connectivity index (χ2n) is 7.34. The molecule has 0 spiro atoms. The third kappa shape index (κ3) is 6.30. The lowest BCUT2D eigenvalue weighted by atomic mass is 10.0. The quantitative estimate of drug-likeness (QED) is 0.571. The van der Waals surface area contributed by atoms with Crippen molar-refractivity contribution < 1.29 is 26.4 Å². The maximum atomic E-state index is 12.9. The molecule has 0 aliphatic heterocycles. The second kappa shape index (κ2) is 10.5. The molecule has 10 heteroatoms. The van der Waals surface area contributed by atoms with Gasteiger partial charge in [0.25, 0.3) is 0 Å². The van der Waals surface area contributed by atoms with Gasteiger partial charge in [-0.1, -0.05) is 32.0 Å². The average Bonchev–Trinajstić information content (AvgIpc) is 2.73. The molecule has 0 aliphatic rings. The van der Waals surface area contributed by atoms with Crippen LogP contribution in [-0.2, 0) is 21.0 Å². The molecule has 2 aromatic carbocycles. The van der Waals surface area contributed by atoms with E-state index >= 15 is 0 Å². The minimum atomic E-state index is -4.44. The molecule has 6 nitrogen and oxygen atoms in total. The summed E-state index contributed by atoms with van der Waals surface area (Å²) in [6.45, 7) is 7.37. The topological polar surface area (TPSA) is 78.5 Å². The first kappa shape index (κ1) is 25.8. The van der Waals surface area contributed by atoms with Crippen LogP contribution in [0.3, 0.4) is 0 Å². The van der Waals surface area contributed by atoms with Crippen LogP contribution in [0.1, 0.15) is 43.5 Å². The Labute approximate surface area is 186 Å². The van der Waals surface area contributed by atoms with Crippen molar-refractivity contribution in [1.29, 1.82) is 0 Å². The predicted molar refractivity (Wildman–Crippen MR) is 118 cm³/mol. The van der Waals surface area contributed by atoms with Crippen LogP contribution in [0.5, 0.6) is 0 Å². The molecule has 2 N–H and O–H groups in total. The van der Waals surface area contributed by atoms with Crippen molar-refractivity contribution >= 4 is 21.6 Å². The lowest BCUT2D eigenvalue weighted by Crippen LogP contribution is -2.31. The Bertz CT molecular complexity index is 1050. The number of nitrogens with zero attached hydrogens (tertiary/aromatic N) is 1. The number of benzene rings is 2. The molecule has 0 aromatic heterocycles. The molecule has 0 saturated heterocycles. The molecule has 0 saturated carbocycles. The molecule has 1 atom stereocenters. The van der Waals surface area contributed by atoms with Crippen molar-refractivity contribution in [2.24, 2.45) is 0 Å². The fourth-order valence-electron chi connectivity index (χ4n) is 3.15. The Morgan fingerprint density at radius 2 is 1.75 bits per heavy atom. The number of carbonyl (C=O) groups excluding carboxylic acids is 1. The number of sulfonamides is 1. The zero-order valence-electron chi connectivity index (χ0n) is 18.5. The Morgan fingerprint density at radius 1 is 1.09 bits per heavy atom. The van der Waals surface area contributed by atoms with Gasteiger partial charge in [0.2, 0.25) is 15.9 Å². The van der Waals surface area contributed by atoms with E-state index in [0.717, 1.165) is 12.1 Å². The van der Waals surface area contributed by atoms with Crippen molar-refractivity contribution in [2.45, 2.75) is 44.8 Å². The lowest BCUT2D eigenvalue weighted by Gasteiger charge is -2.20. The molecule has 0 heterocycles. The van der Waals surface area contributed by atoms with Gasteiger partial charge in [0.05, 0.1) is 17.0 Å². The van der Waals surface area contributed by atoms with E-state index < -0.39 is 33.7 Å². The van der Waals surface area contributed by atoms with E-state index in [9.17, 15) is 26.4 Å². The van der Waals surface area contributed by atoms with Gasteiger partial charge in [-0.3, -0.25) is 4.79 Å². The Kier molecular flexibility index (Phi) is 8.44. The smallest absolute Gasteiger partial charge is 0.325 e. The Hall–Kier alpha value is -2.43. The molecule has 2 rings (SSSR count). The summed E-state index contributed by atoms with van der Waals surface area (Å²) in [5.41, 5.74) is 0.686. The average molecular weight is 472 g/mol. The van der Waals surface area contributed by atoms with Crippen LogP contribution in [0.4, 0.5) is 18.9 Å². The highest BCUT2D eigenvalue weighted by Crippen LogP contribution is 2.30. The fourth-order valence-corrected chi connectivity index (χ4v) is 4.64. The third-order valence-electron chi connectivity index (χ3n) is 5.11. The van der Waals surface area contributed by atoms with E-state index in [1.165, 1.54) is 22.5 Å². The van der Waals surface area contributed by atoms with Gasteiger partial charge in [-0.2, -0.15) is 17.5 Å². The van der Waals surface area contributed by atoms with Crippen LogP contribution in [0.15, 0.2) is 47.4 Å². The van der Waals surface area contributed by atoms with Gasteiger partial charge >= 0.3 is 6.18 Å². The normalized spacial score (nSPS) is 13.2. The van der Waals surface area contributed by atoms with Gasteiger partial charge in [-0.15, -0.1) is 0 Å². The largest absolute Gasteiger partial charge is 0.416 e. The van der Waals surface area contributed by atoms with Crippen molar-refractivity contribution in [3.8, 4) is 0 Å². The number of rotatable bonds is 9. The van der Waals surface area contributed by atoms with E-state index in [2.05, 4.69) is 10.6 Å². The molecule has 1 amide bonds. The first-order valence-corrected chi connectivity index (χ1v) is 11.6. The number of halogens is 3. The van der Waals surface area contributed by atoms with Crippen LogP contribution in [0.25, 0.3) is 0 Å². The second-order valence-corrected chi connectivity index (χ2v) is 9.28. The van der Waals surface area contributed by atoms with E-state index in [0.29, 0.717) is 29.9 Å². The Balaban J connectivity index is 2.09. The van der Waals surface area contributed by atoms with E-state index in [-0.39, 0.29) is 11.4 Å². The van der Waals surface area contributed by atoms with Gasteiger partial charge in [0.1, 0.15) is 0 Å². The number of anilines is 1. The van der Waals surface area contributed by atoms with Crippen molar-refractivity contribution in [3.63, 3.8) is 0 Å². The van der Waals surface area contributed by atoms with Gasteiger partial charge in [0.15, 0.2) is 0 Å². The van der Waals surface area contributed by atoms with Crippen LogP contribution >= 0.6 is 0 Å². The zero-order valence-corrected chi connectivity index (χ0v) is 19.3. The summed E-state index contributed by atoms with van der Waals surface area (Å²) in [4.78, 5) is 12.5. The minimum Gasteiger partial charge on any atom is -0.325 e. The molecular formula is C22H28F3N3O3S. The molecule has 0 radical (unpaired) electrons. The standard InChI is InChI=1S/C22H28F3N3O3S/c1-5-28(6-2)32(30,31)19-11-10-15(3)20(13-19)27-21(29)14-26-16(4)17-8-7-9-18(12-17)22(23,24)25/h7-13,16,26H,5-6,14H2,1-4H3,(H,27,29)/t16-/m0/s1. The summed E-state index contributed by atoms with van der Waals surface area (Å²) in [7, 11) is -3.68. The molecule has 32 heavy (non-hydrogen) atoms. The highest BCUT2D eigenvalue weighted by molar-refractivity contribution is 7.89. The van der Waals surface area contributed by atoms with E-state index in [1.54, 1.807) is 39.8 Å². The van der Waals surface area contributed by atoms with Crippen LogP contribution in [0.2, 0.25) is 0 Å². The number of aryl methyl sites for hydroxylation is 1. The molecule has 0 bridgehead atoms. The molecule has 0 unspecified atom stereocenters. The zero-order chi connectivity index (χ0) is 24.1. The van der Waals surface area contributed by atoms with E-state index in [1.807, 2.05) is 0 Å². The number of nitrogens with one attached hydrogen (secondary N) is 2. The number of hydrogen-bond acceptors (Lipinski definition) is 4. The number of hydrogen-bond donors (Lipinski definition) is 2. The van der Waals surface area contributed by atoms with Crippen molar-refractivity contribution in [1.82, 2.24) is 9.62 Å². The molecule has 176 valence electrons. The summed E-state index contributed by atoms with van der Waals surface area (Å²) in [6.07, 6.45) is -4.44. The fraction of sp³-hybridized carbons (Fsp3) is 0.409. The highest BCUT2D eigenvalue weighted by atomic mass is 32.2. The first-order valence-electron chi connectivity index (χ1n) is 10.2. The first-order chi connectivity index (χ1) is 14.9. The number of amides is 1. The monoisotopic (exact) mass is 471 g/mol. The summed E-state index contributed by atoms with van der Waals surface area (Å²) in [5.74, 6) is -0.440. The third-order valence-corrected chi connectivity index (χ3v) is 7.15. The summed E-state index contributed by atoms with van der Waals surface area (Å²) >= 11 is 0. The van der Waals surface area contributed by atoms with Crippen molar-refractivity contribution in [3.05, 3.63) is 59.2 Å². The highest BCUT2D eigenvalue weighted by Gasteiger charge is 2.30. The minimum absolute atomic E-state index is 0.0763. The summed E-state index contributed by atoms with van der Waals surface area (Å²) < 4.78 is 65.5. The van der Waals surface area contributed by atoms with Crippen molar-refractivity contribution in [2.75, 3.05) is 25.0 Å². The molecule has 0 aliphatic carbocycles. The maximum absolute atomic E-state index is 12.9. The van der Waals surface area contributed by atoms with Gasteiger partial charge in [-0.25, -0.2) is 8.42 Å².